The highest BCUT2D eigenvalue weighted by Crippen LogP contribution is 2.22. The van der Waals surface area contributed by atoms with Crippen LogP contribution in [-0.4, -0.2) is 11.9 Å². The minimum absolute atomic E-state index is 0.0202. The highest BCUT2D eigenvalue weighted by atomic mass is 16.1. The van der Waals surface area contributed by atoms with E-state index in [2.05, 4.69) is 54.7 Å². The molecule has 0 radical (unpaired) electrons. The van der Waals surface area contributed by atoms with Crippen LogP contribution < -0.4 is 5.32 Å². The molecule has 0 aliphatic rings. The average Bonchev–Trinajstić information content (AvgIpc) is 2.46. The highest BCUT2D eigenvalue weighted by Gasteiger charge is 2.12. The largest absolute Gasteiger partial charge is 0.350 e. The van der Waals surface area contributed by atoms with Gasteiger partial charge in [0.2, 0.25) is 5.91 Å². The second-order valence-electron chi connectivity index (χ2n) is 5.30. The smallest absolute Gasteiger partial charge is 0.217 e. The molecule has 0 aliphatic heterocycles. The van der Waals surface area contributed by atoms with E-state index in [-0.39, 0.29) is 11.9 Å². The Hall–Kier alpha value is -2.35. The van der Waals surface area contributed by atoms with E-state index >= 15 is 0 Å². The molecule has 0 aliphatic carbocycles. The molecule has 2 heteroatoms. The maximum absolute atomic E-state index is 11.3. The maximum Gasteiger partial charge on any atom is 0.217 e. The highest BCUT2D eigenvalue weighted by molar-refractivity contribution is 5.86. The number of nitrogens with one attached hydrogen (secondary N) is 1. The van der Waals surface area contributed by atoms with Crippen molar-refractivity contribution in [1.29, 1.82) is 0 Å². The van der Waals surface area contributed by atoms with E-state index in [0.29, 0.717) is 0 Å². The average molecular weight is 279 g/mol. The van der Waals surface area contributed by atoms with Crippen molar-refractivity contribution in [3.63, 3.8) is 0 Å². The Kier molecular flexibility index (Phi) is 4.94. The topological polar surface area (TPSA) is 29.1 Å². The summed E-state index contributed by atoms with van der Waals surface area (Å²) in [4.78, 5) is 11.3. The van der Waals surface area contributed by atoms with Crippen molar-refractivity contribution in [2.75, 3.05) is 0 Å². The number of carbonyl (C=O) groups excluding carboxylic acids is 1. The van der Waals surface area contributed by atoms with E-state index in [1.807, 2.05) is 25.1 Å². The summed E-state index contributed by atoms with van der Waals surface area (Å²) in [5.74, 6) is -0.0202. The monoisotopic (exact) mass is 279 g/mol. The van der Waals surface area contributed by atoms with E-state index in [1.54, 1.807) is 6.92 Å². The van der Waals surface area contributed by atoms with E-state index in [1.165, 1.54) is 5.56 Å². The lowest BCUT2D eigenvalue weighted by molar-refractivity contribution is -0.119. The molecule has 0 unspecified atom stereocenters. The lowest BCUT2D eigenvalue weighted by atomic mass is 9.96. The molecule has 0 saturated heterocycles. The molecule has 108 valence electrons. The van der Waals surface area contributed by atoms with Gasteiger partial charge in [0.05, 0.1) is 6.04 Å². The second-order valence-corrected chi connectivity index (χ2v) is 5.30. The molecule has 2 nitrogen and oxygen atoms in total. The third-order valence-corrected chi connectivity index (χ3v) is 3.39. The van der Waals surface area contributed by atoms with Gasteiger partial charge in [-0.25, -0.2) is 0 Å². The first-order valence-corrected chi connectivity index (χ1v) is 7.17. The van der Waals surface area contributed by atoms with Gasteiger partial charge in [0.15, 0.2) is 0 Å². The normalized spacial score (nSPS) is 12.8. The van der Waals surface area contributed by atoms with Gasteiger partial charge in [-0.3, -0.25) is 4.79 Å². The molecule has 0 heterocycles. The van der Waals surface area contributed by atoms with Gasteiger partial charge in [0.1, 0.15) is 0 Å². The van der Waals surface area contributed by atoms with Crippen LogP contribution in [0.3, 0.4) is 0 Å². The number of aryl methyl sites for hydroxylation is 1. The summed E-state index contributed by atoms with van der Waals surface area (Å²) < 4.78 is 0. The molecule has 2 aromatic rings. The Morgan fingerprint density at radius 3 is 2.24 bits per heavy atom. The summed E-state index contributed by atoms with van der Waals surface area (Å²) in [5.41, 5.74) is 4.61. The van der Waals surface area contributed by atoms with Crippen LogP contribution in [-0.2, 0) is 4.79 Å². The lowest BCUT2D eigenvalue weighted by Crippen LogP contribution is -2.31. The number of rotatable bonds is 4. The molecule has 0 fully saturated rings. The third kappa shape index (κ3) is 4.32. The van der Waals surface area contributed by atoms with Gasteiger partial charge in [0.25, 0.3) is 0 Å². The van der Waals surface area contributed by atoms with Crippen LogP contribution in [0.2, 0.25) is 0 Å². The number of benzene rings is 2. The van der Waals surface area contributed by atoms with E-state index < -0.39 is 0 Å². The van der Waals surface area contributed by atoms with E-state index in [9.17, 15) is 4.79 Å². The summed E-state index contributed by atoms with van der Waals surface area (Å²) >= 11 is 0. The van der Waals surface area contributed by atoms with Gasteiger partial charge in [-0.05, 0) is 36.6 Å². The van der Waals surface area contributed by atoms with Crippen LogP contribution >= 0.6 is 0 Å². The molecule has 0 aromatic heterocycles. The van der Waals surface area contributed by atoms with Crippen molar-refractivity contribution in [3.05, 3.63) is 71.3 Å². The van der Waals surface area contributed by atoms with Gasteiger partial charge in [-0.2, -0.15) is 0 Å². The molecule has 0 bridgehead atoms. The maximum atomic E-state index is 11.3. The van der Waals surface area contributed by atoms with Crippen LogP contribution in [0.1, 0.15) is 30.5 Å². The molecule has 0 saturated carbocycles. The Morgan fingerprint density at radius 1 is 1.05 bits per heavy atom. The summed E-state index contributed by atoms with van der Waals surface area (Å²) in [5, 5.41) is 2.97. The molecular formula is C19H21NO. The number of hydrogen-bond acceptors (Lipinski definition) is 1. The minimum atomic E-state index is -0.0359. The van der Waals surface area contributed by atoms with Crippen molar-refractivity contribution >= 4 is 17.6 Å². The quantitative estimate of drug-likeness (QED) is 0.840. The minimum Gasteiger partial charge on any atom is -0.350 e. The van der Waals surface area contributed by atoms with Gasteiger partial charge in [-0.1, -0.05) is 60.2 Å². The molecule has 2 rings (SSSR count). The first-order chi connectivity index (χ1) is 10.1. The van der Waals surface area contributed by atoms with Crippen LogP contribution in [0.15, 0.2) is 54.6 Å². The summed E-state index contributed by atoms with van der Waals surface area (Å²) in [6, 6.07) is 18.5. The SMILES string of the molecule is CC(=O)N[C@H](C)/C(=C\c1ccc(C)cc1)c1ccccc1. The molecule has 21 heavy (non-hydrogen) atoms. The zero-order valence-corrected chi connectivity index (χ0v) is 12.8. The van der Waals surface area contributed by atoms with Crippen molar-refractivity contribution in [2.24, 2.45) is 0 Å². The second kappa shape index (κ2) is 6.89. The first kappa shape index (κ1) is 15.0. The first-order valence-electron chi connectivity index (χ1n) is 7.17. The van der Waals surface area contributed by atoms with Crippen molar-refractivity contribution in [3.8, 4) is 0 Å². The molecular weight excluding hydrogens is 258 g/mol. The fourth-order valence-corrected chi connectivity index (χ4v) is 2.31. The van der Waals surface area contributed by atoms with E-state index in [0.717, 1.165) is 16.7 Å². The lowest BCUT2D eigenvalue weighted by Gasteiger charge is -2.17. The van der Waals surface area contributed by atoms with Crippen LogP contribution in [0.5, 0.6) is 0 Å². The van der Waals surface area contributed by atoms with Crippen LogP contribution in [0.25, 0.3) is 11.6 Å². The molecule has 2 aromatic carbocycles. The van der Waals surface area contributed by atoms with Crippen molar-refractivity contribution in [2.45, 2.75) is 26.8 Å². The Labute approximate surface area is 126 Å². The predicted molar refractivity (Wildman–Crippen MR) is 88.8 cm³/mol. The number of carbonyl (C=O) groups is 1. The van der Waals surface area contributed by atoms with Crippen molar-refractivity contribution in [1.82, 2.24) is 5.32 Å². The van der Waals surface area contributed by atoms with Crippen molar-refractivity contribution < 1.29 is 4.79 Å². The Morgan fingerprint density at radius 2 is 1.67 bits per heavy atom. The van der Waals surface area contributed by atoms with Crippen LogP contribution in [0, 0.1) is 6.92 Å². The fourth-order valence-electron chi connectivity index (χ4n) is 2.31. The van der Waals surface area contributed by atoms with Gasteiger partial charge in [-0.15, -0.1) is 0 Å². The number of amides is 1. The number of hydrogen-bond donors (Lipinski definition) is 1. The summed E-state index contributed by atoms with van der Waals surface area (Å²) in [6.45, 7) is 5.63. The molecule has 1 atom stereocenters. The van der Waals surface area contributed by atoms with Crippen LogP contribution in [0.4, 0.5) is 0 Å². The molecule has 1 amide bonds. The predicted octanol–water partition coefficient (Wildman–Crippen LogP) is 4.06. The van der Waals surface area contributed by atoms with Gasteiger partial charge >= 0.3 is 0 Å². The standard InChI is InChI=1S/C19H21NO/c1-14-9-11-17(12-10-14)13-19(15(2)20-16(3)21)18-7-5-4-6-8-18/h4-13,15H,1-3H3,(H,20,21)/b19-13+/t15-/m1/s1. The van der Waals surface area contributed by atoms with Gasteiger partial charge in [0, 0.05) is 6.92 Å². The molecule has 1 N–H and O–H groups in total. The van der Waals surface area contributed by atoms with E-state index in [4.69, 9.17) is 0 Å². The molecule has 0 spiro atoms. The zero-order valence-electron chi connectivity index (χ0n) is 12.8. The fraction of sp³-hybridized carbons (Fsp3) is 0.211. The third-order valence-electron chi connectivity index (χ3n) is 3.39. The Balaban J connectivity index is 2.40. The zero-order chi connectivity index (χ0) is 15.2. The Bertz CT molecular complexity index is 626. The summed E-state index contributed by atoms with van der Waals surface area (Å²) in [7, 11) is 0. The van der Waals surface area contributed by atoms with Gasteiger partial charge < -0.3 is 5.32 Å². The summed E-state index contributed by atoms with van der Waals surface area (Å²) in [6.07, 6.45) is 2.13.